The molecular formula is C12H21NO. The summed E-state index contributed by atoms with van der Waals surface area (Å²) in [6.07, 6.45) is 1.14. The molecule has 2 heteroatoms. The van der Waals surface area contributed by atoms with Gasteiger partial charge in [0.2, 0.25) is 0 Å². The van der Waals surface area contributed by atoms with Crippen LogP contribution in [0.15, 0.2) is 18.2 Å². The average molecular weight is 195 g/mol. The molecule has 0 heterocycles. The molecule has 0 bridgehead atoms. The monoisotopic (exact) mass is 195 g/mol. The fraction of sp³-hybridized carbons (Fsp3) is 0.500. The van der Waals surface area contributed by atoms with Crippen LogP contribution in [0.3, 0.4) is 0 Å². The fourth-order valence-electron chi connectivity index (χ4n) is 1.24. The number of nitrogens with one attached hydrogen (secondary N) is 1. The van der Waals surface area contributed by atoms with Gasteiger partial charge >= 0.3 is 0 Å². The van der Waals surface area contributed by atoms with Crippen molar-refractivity contribution in [2.45, 2.75) is 41.0 Å². The van der Waals surface area contributed by atoms with Gasteiger partial charge in [-0.3, -0.25) is 0 Å². The lowest BCUT2D eigenvalue weighted by Gasteiger charge is -2.02. The molecule has 0 spiro atoms. The van der Waals surface area contributed by atoms with E-state index < -0.39 is 0 Å². The number of rotatable bonds is 1. The van der Waals surface area contributed by atoms with E-state index in [2.05, 4.69) is 44.6 Å². The molecule has 1 N–H and O–H groups in total. The molecule has 1 aromatic rings. The second-order valence-corrected chi connectivity index (χ2v) is 2.78. The van der Waals surface area contributed by atoms with Crippen molar-refractivity contribution in [3.05, 3.63) is 39.8 Å². The molecule has 0 saturated heterocycles. The van der Waals surface area contributed by atoms with E-state index in [-0.39, 0.29) is 0 Å². The van der Waals surface area contributed by atoms with Crippen molar-refractivity contribution in [1.82, 2.24) is 0 Å². The molecule has 0 unspecified atom stereocenters. The Labute approximate surface area is 87.1 Å². The largest absolute Gasteiger partial charge is 0.154 e. The minimum Gasteiger partial charge on any atom is -0.154 e. The van der Waals surface area contributed by atoms with Gasteiger partial charge in [-0.1, -0.05) is 50.1 Å². The smallest absolute Gasteiger partial charge is 0.0305 e. The Morgan fingerprint density at radius 1 is 1.14 bits per heavy atom. The van der Waals surface area contributed by atoms with Crippen LogP contribution in [-0.4, -0.2) is 0 Å². The maximum absolute atomic E-state index is 7.50. The topological polar surface area (TPSA) is 40.9 Å². The normalized spacial score (nSPS) is 7.79. The van der Waals surface area contributed by atoms with Crippen LogP contribution in [0.25, 0.3) is 0 Å². The Bertz CT molecular complexity index is 246. The van der Waals surface area contributed by atoms with Crippen LogP contribution in [0.5, 0.6) is 0 Å². The Morgan fingerprint density at radius 3 is 2.00 bits per heavy atom. The van der Waals surface area contributed by atoms with Crippen LogP contribution in [0, 0.1) is 24.3 Å². The number of aryl methyl sites for hydroxylation is 3. The first-order valence-electron chi connectivity index (χ1n) is 5.00. The highest BCUT2D eigenvalue weighted by atomic mass is 16.2. The summed E-state index contributed by atoms with van der Waals surface area (Å²) in [7, 11) is 0. The summed E-state index contributed by atoms with van der Waals surface area (Å²) in [6, 6.07) is 6.62. The van der Waals surface area contributed by atoms with Gasteiger partial charge in [-0.15, -0.1) is 0 Å². The van der Waals surface area contributed by atoms with E-state index in [0.717, 1.165) is 6.42 Å². The summed E-state index contributed by atoms with van der Waals surface area (Å²) in [5.74, 6) is 0. The summed E-state index contributed by atoms with van der Waals surface area (Å²) >= 11 is 0. The third-order valence-electron chi connectivity index (χ3n) is 1.88. The highest BCUT2D eigenvalue weighted by molar-refractivity contribution is 5.30. The van der Waals surface area contributed by atoms with Crippen LogP contribution in [-0.2, 0) is 6.42 Å². The maximum Gasteiger partial charge on any atom is -0.0305 e. The Hall–Kier alpha value is -1.18. The number of hydrogen-bond acceptors (Lipinski definition) is 2. The molecule has 14 heavy (non-hydrogen) atoms. The van der Waals surface area contributed by atoms with Crippen LogP contribution in [0.1, 0.15) is 37.5 Å². The molecular weight excluding hydrogens is 174 g/mol. The van der Waals surface area contributed by atoms with Crippen molar-refractivity contribution in [3.63, 3.8) is 0 Å². The van der Waals surface area contributed by atoms with E-state index in [1.54, 1.807) is 0 Å². The van der Waals surface area contributed by atoms with Crippen molar-refractivity contribution in [2.24, 2.45) is 0 Å². The molecule has 1 aromatic carbocycles. The summed E-state index contributed by atoms with van der Waals surface area (Å²) in [6.45, 7) is 10.5. The lowest BCUT2D eigenvalue weighted by molar-refractivity contribution is 1.10. The SMILES string of the molecule is CC.CCc1ccc(C)cc1C.N=O. The Kier molecular flexibility index (Phi) is 10.8. The van der Waals surface area contributed by atoms with Gasteiger partial charge in [0.1, 0.15) is 0 Å². The van der Waals surface area contributed by atoms with Gasteiger partial charge in [0.25, 0.3) is 0 Å². The first-order valence-corrected chi connectivity index (χ1v) is 5.00. The zero-order valence-electron chi connectivity index (χ0n) is 9.85. The zero-order valence-corrected chi connectivity index (χ0v) is 9.85. The van der Waals surface area contributed by atoms with E-state index in [1.165, 1.54) is 16.7 Å². The summed E-state index contributed by atoms with van der Waals surface area (Å²) in [5, 5.41) is 0. The van der Waals surface area contributed by atoms with E-state index in [4.69, 9.17) is 4.91 Å². The van der Waals surface area contributed by atoms with Crippen LogP contribution in [0.2, 0.25) is 0 Å². The molecule has 2 nitrogen and oxygen atoms in total. The van der Waals surface area contributed by atoms with Crippen molar-refractivity contribution < 1.29 is 0 Å². The van der Waals surface area contributed by atoms with Gasteiger partial charge in [0, 0.05) is 0 Å². The molecule has 0 fully saturated rings. The van der Waals surface area contributed by atoms with E-state index >= 15 is 0 Å². The quantitative estimate of drug-likeness (QED) is 0.669. The molecule has 0 aliphatic heterocycles. The average Bonchev–Trinajstić information content (AvgIpc) is 2.24. The molecule has 0 atom stereocenters. The molecule has 0 saturated carbocycles. The molecule has 80 valence electrons. The minimum absolute atomic E-state index is 1.14. The van der Waals surface area contributed by atoms with Crippen molar-refractivity contribution in [1.29, 1.82) is 5.59 Å². The molecule has 0 aliphatic rings. The summed E-state index contributed by atoms with van der Waals surface area (Å²) in [5.41, 5.74) is 8.74. The minimum atomic E-state index is 1.14. The van der Waals surface area contributed by atoms with Crippen LogP contribution in [0.4, 0.5) is 0 Å². The fourth-order valence-corrected chi connectivity index (χ4v) is 1.24. The predicted octanol–water partition coefficient (Wildman–Crippen LogP) is 4.22. The first-order chi connectivity index (χ1) is 6.74. The van der Waals surface area contributed by atoms with Gasteiger partial charge in [-0.05, 0) is 31.4 Å². The number of benzene rings is 1. The third-order valence-corrected chi connectivity index (χ3v) is 1.88. The van der Waals surface area contributed by atoms with Gasteiger partial charge in [0.15, 0.2) is 0 Å². The van der Waals surface area contributed by atoms with Crippen LogP contribution < -0.4 is 0 Å². The zero-order chi connectivity index (χ0) is 11.6. The lowest BCUT2D eigenvalue weighted by atomic mass is 10.0. The molecule has 0 aliphatic carbocycles. The van der Waals surface area contributed by atoms with E-state index in [0.29, 0.717) is 0 Å². The summed E-state index contributed by atoms with van der Waals surface area (Å²) in [4.78, 5) is 7.50. The van der Waals surface area contributed by atoms with E-state index in [9.17, 15) is 0 Å². The molecule has 0 aromatic heterocycles. The van der Waals surface area contributed by atoms with Gasteiger partial charge in [-0.2, -0.15) is 4.91 Å². The maximum atomic E-state index is 7.50. The van der Waals surface area contributed by atoms with E-state index in [1.807, 2.05) is 13.8 Å². The van der Waals surface area contributed by atoms with Crippen LogP contribution >= 0.6 is 0 Å². The Balaban J connectivity index is 0. The second-order valence-electron chi connectivity index (χ2n) is 2.78. The molecule has 0 radical (unpaired) electrons. The lowest BCUT2D eigenvalue weighted by Crippen LogP contribution is -1.85. The number of hydrogen-bond donors (Lipinski definition) is 1. The molecule has 1 rings (SSSR count). The van der Waals surface area contributed by atoms with Gasteiger partial charge in [0.05, 0.1) is 0 Å². The first kappa shape index (κ1) is 15.3. The third kappa shape index (κ3) is 5.46. The van der Waals surface area contributed by atoms with Gasteiger partial charge < -0.3 is 0 Å². The van der Waals surface area contributed by atoms with Crippen molar-refractivity contribution in [3.8, 4) is 0 Å². The molecule has 0 amide bonds. The standard InChI is InChI=1S/C10H14.C2H6.HNO/c1-4-10-6-5-8(2)7-9(10)3;2*1-2/h5-7H,4H2,1-3H3;1-2H3;1H. The van der Waals surface area contributed by atoms with Gasteiger partial charge in [-0.25, -0.2) is 0 Å². The predicted molar refractivity (Wildman–Crippen MR) is 62.7 cm³/mol. The highest BCUT2D eigenvalue weighted by Gasteiger charge is 1.93. The highest BCUT2D eigenvalue weighted by Crippen LogP contribution is 2.10. The number of nitroso groups, excluding NO2 is 1. The van der Waals surface area contributed by atoms with Crippen molar-refractivity contribution in [2.75, 3.05) is 0 Å². The van der Waals surface area contributed by atoms with Crippen molar-refractivity contribution >= 4 is 0 Å². The Morgan fingerprint density at radius 2 is 1.64 bits per heavy atom. The summed E-state index contributed by atoms with van der Waals surface area (Å²) < 4.78 is 0. The second kappa shape index (κ2) is 9.90.